The summed E-state index contributed by atoms with van der Waals surface area (Å²) >= 11 is 0. The van der Waals surface area contributed by atoms with Crippen molar-refractivity contribution in [3.8, 4) is 51.7 Å². The van der Waals surface area contributed by atoms with E-state index in [1.807, 2.05) is 0 Å². The molecule has 0 unspecified atom stereocenters. The van der Waals surface area contributed by atoms with Crippen LogP contribution in [0.15, 0.2) is 36.4 Å². The minimum absolute atomic E-state index is 0. The van der Waals surface area contributed by atoms with Gasteiger partial charge in [0, 0.05) is 8.56 Å². The van der Waals surface area contributed by atoms with Gasteiger partial charge in [0.1, 0.15) is 0 Å². The van der Waals surface area contributed by atoms with Crippen LogP contribution in [0.25, 0.3) is 0 Å². The number of phenols is 6. The van der Waals surface area contributed by atoms with Crippen molar-refractivity contribution in [2.24, 2.45) is 0 Å². The summed E-state index contributed by atoms with van der Waals surface area (Å²) in [7, 11) is 0. The van der Waals surface area contributed by atoms with Crippen LogP contribution < -0.4 is 15.3 Å². The number of carbonyl (C=O) groups is 3. The second kappa shape index (κ2) is 13.3. The van der Waals surface area contributed by atoms with Gasteiger partial charge in [-0.2, -0.15) is 0 Å². The summed E-state index contributed by atoms with van der Waals surface area (Å²) in [5.41, 5.74) is -1.03. The SMILES string of the molecule is O=C(O)c1cc(O)c(O)c(O)c1.O=C(O)c1cc(O)c(O)c(O)c1.O=C(O)c1cc([O-])c([O-])c([O-])c1.[Bi+3].[HH].[HH].[HH].[HH].[HH].[HH]. The second-order valence-corrected chi connectivity index (χ2v) is 6.44. The van der Waals surface area contributed by atoms with E-state index >= 15 is 0 Å². The van der Waals surface area contributed by atoms with Crippen molar-refractivity contribution in [1.29, 1.82) is 0 Å². The van der Waals surface area contributed by atoms with E-state index in [2.05, 4.69) is 0 Å². The van der Waals surface area contributed by atoms with Gasteiger partial charge >= 0.3 is 44.1 Å². The first-order valence-corrected chi connectivity index (χ1v) is 8.95. The molecule has 0 aliphatic heterocycles. The van der Waals surface area contributed by atoms with Gasteiger partial charge in [0.2, 0.25) is 0 Å². The van der Waals surface area contributed by atoms with Crippen LogP contribution in [-0.2, 0) is 0 Å². The molecule has 3 rings (SSSR count). The average molecular weight is 728 g/mol. The minimum Gasteiger partial charge on any atom is -0.873 e. The number of phenolic OH excluding ortho intramolecular Hbond substituents is 6. The molecular weight excluding hydrogens is 701 g/mol. The Balaban J connectivity index is -0.0000000836. The van der Waals surface area contributed by atoms with E-state index in [0.717, 1.165) is 24.3 Å². The first-order chi connectivity index (χ1) is 16.6. The Hall–Kier alpha value is -4.85. The van der Waals surface area contributed by atoms with Crippen LogP contribution in [0.1, 0.15) is 39.6 Å². The van der Waals surface area contributed by atoms with Crippen LogP contribution in [0.5, 0.6) is 51.7 Å². The molecule has 15 nitrogen and oxygen atoms in total. The zero-order valence-corrected chi connectivity index (χ0v) is 21.4. The second-order valence-electron chi connectivity index (χ2n) is 6.44. The minimum atomic E-state index is -1.40. The van der Waals surface area contributed by atoms with Crippen molar-refractivity contribution in [1.82, 2.24) is 0 Å². The summed E-state index contributed by atoms with van der Waals surface area (Å²) < 4.78 is 0. The molecule has 37 heavy (non-hydrogen) atoms. The Morgan fingerprint density at radius 3 is 0.946 bits per heavy atom. The van der Waals surface area contributed by atoms with Crippen molar-refractivity contribution in [2.45, 2.75) is 0 Å². The van der Waals surface area contributed by atoms with Gasteiger partial charge in [-0.3, -0.25) is 0 Å². The van der Waals surface area contributed by atoms with Gasteiger partial charge in [-0.1, -0.05) is 12.1 Å². The Morgan fingerprint density at radius 2 is 0.730 bits per heavy atom. The molecule has 0 bridgehead atoms. The predicted octanol–water partition coefficient (Wildman–Crippen LogP) is 0.704. The molecule has 206 valence electrons. The smallest absolute Gasteiger partial charge is 0.873 e. The molecule has 0 aliphatic carbocycles. The van der Waals surface area contributed by atoms with Gasteiger partial charge < -0.3 is 61.3 Å². The zero-order valence-electron chi connectivity index (χ0n) is 17.9. The first-order valence-electron chi connectivity index (χ1n) is 8.95. The van der Waals surface area contributed by atoms with E-state index in [-0.39, 0.29) is 45.9 Å². The van der Waals surface area contributed by atoms with E-state index < -0.39 is 75.2 Å². The summed E-state index contributed by atoms with van der Waals surface area (Å²) in [4.78, 5) is 30.9. The summed E-state index contributed by atoms with van der Waals surface area (Å²) in [5.74, 6) is -11.4. The average Bonchev–Trinajstić information content (AvgIpc) is 2.79. The molecule has 3 aromatic rings. The fourth-order valence-corrected chi connectivity index (χ4v) is 2.16. The fraction of sp³-hybridized carbons (Fsp3) is 0. The van der Waals surface area contributed by atoms with E-state index in [0.29, 0.717) is 12.1 Å². The summed E-state index contributed by atoms with van der Waals surface area (Å²) in [5, 5.41) is 110. The van der Waals surface area contributed by atoms with Crippen LogP contribution in [0, 0.1) is 0 Å². The van der Waals surface area contributed by atoms with Crippen molar-refractivity contribution >= 4 is 44.1 Å². The molecule has 0 fully saturated rings. The third-order valence-corrected chi connectivity index (χ3v) is 3.90. The molecule has 2 radical (unpaired) electrons. The summed E-state index contributed by atoms with van der Waals surface area (Å²) in [6.45, 7) is 0. The van der Waals surface area contributed by atoms with Crippen LogP contribution in [0.2, 0.25) is 0 Å². The normalized spacial score (nSPS) is 9.41. The quantitative estimate of drug-likeness (QED) is 0.132. The van der Waals surface area contributed by atoms with Gasteiger partial charge in [0.25, 0.3) is 0 Å². The van der Waals surface area contributed by atoms with Gasteiger partial charge in [-0.05, 0) is 24.3 Å². The Bertz CT molecular complexity index is 1110. The predicted molar refractivity (Wildman–Crippen MR) is 127 cm³/mol. The first kappa shape index (κ1) is 32.2. The van der Waals surface area contributed by atoms with Crippen LogP contribution >= 0.6 is 0 Å². The standard InChI is InChI=1S/3C7H6O5.Bi.6H2/c3*8-4-1-3(7(11)12)2-5(9)6(4)10;;;;;;;/h3*1-2,8-10H,(H,11,12);;6*1H/q;;;+3;;;;;;/p-3. The van der Waals surface area contributed by atoms with Crippen molar-refractivity contribution < 1.29 is 84.2 Å². The number of benzene rings is 3. The molecule has 0 spiro atoms. The third-order valence-electron chi connectivity index (χ3n) is 3.90. The monoisotopic (exact) mass is 728 g/mol. The van der Waals surface area contributed by atoms with E-state index in [1.54, 1.807) is 0 Å². The largest absolute Gasteiger partial charge is 3.00 e. The zero-order chi connectivity index (χ0) is 27.9. The molecule has 0 amide bonds. The van der Waals surface area contributed by atoms with Gasteiger partial charge in [-0.25, -0.2) is 14.4 Å². The molecular formula is C21H27BiO15. The Kier molecular flexibility index (Phi) is 11.6. The van der Waals surface area contributed by atoms with Gasteiger partial charge in [0.05, 0.1) is 16.7 Å². The molecule has 0 saturated heterocycles. The van der Waals surface area contributed by atoms with Crippen LogP contribution in [0.3, 0.4) is 0 Å². The molecule has 0 aliphatic rings. The molecule has 9 N–H and O–H groups in total. The van der Waals surface area contributed by atoms with Crippen LogP contribution in [-0.4, -0.2) is 90.1 Å². The number of rotatable bonds is 3. The maximum atomic E-state index is 10.6. The Morgan fingerprint density at radius 1 is 0.514 bits per heavy atom. The van der Waals surface area contributed by atoms with Crippen LogP contribution in [0.4, 0.5) is 0 Å². The number of aromatic hydroxyl groups is 6. The van der Waals surface area contributed by atoms with E-state index in [1.165, 1.54) is 0 Å². The van der Waals surface area contributed by atoms with Gasteiger partial charge in [-0.15, -0.1) is 17.2 Å². The number of carboxylic acids is 3. The molecule has 0 atom stereocenters. The molecule has 3 aromatic carbocycles. The number of aromatic carboxylic acids is 3. The van der Waals surface area contributed by atoms with Crippen molar-refractivity contribution in [3.05, 3.63) is 53.1 Å². The molecule has 0 aromatic heterocycles. The van der Waals surface area contributed by atoms with Gasteiger partial charge in [0.15, 0.2) is 34.5 Å². The molecule has 16 heteroatoms. The Labute approximate surface area is 233 Å². The van der Waals surface area contributed by atoms with E-state index in [9.17, 15) is 29.7 Å². The fourth-order valence-electron chi connectivity index (χ4n) is 2.16. The summed E-state index contributed by atoms with van der Waals surface area (Å²) in [6.07, 6.45) is 0. The number of carboxylic acid groups (broad SMARTS) is 3. The molecule has 0 saturated carbocycles. The van der Waals surface area contributed by atoms with Crippen molar-refractivity contribution in [2.75, 3.05) is 0 Å². The topological polar surface area (TPSA) is 302 Å². The maximum Gasteiger partial charge on any atom is 3.00 e. The third kappa shape index (κ3) is 8.70. The molecule has 0 heterocycles. The maximum absolute atomic E-state index is 10.6. The number of hydrogen-bond donors (Lipinski definition) is 9. The summed E-state index contributed by atoms with van der Waals surface area (Å²) in [6, 6.07) is 4.64. The number of hydrogen-bond acceptors (Lipinski definition) is 12. The van der Waals surface area contributed by atoms with Crippen molar-refractivity contribution in [3.63, 3.8) is 0 Å². The van der Waals surface area contributed by atoms with E-state index in [4.69, 9.17) is 46.0 Å².